The number of nitrogens with two attached hydrogens (primary N) is 1. The Kier molecular flexibility index (Phi) is 3.05. The van der Waals surface area contributed by atoms with E-state index in [0.717, 1.165) is 23.6 Å². The van der Waals surface area contributed by atoms with Crippen LogP contribution in [-0.2, 0) is 6.54 Å². The lowest BCUT2D eigenvalue weighted by molar-refractivity contribution is 1.03. The third-order valence-corrected chi connectivity index (χ3v) is 1.61. The van der Waals surface area contributed by atoms with Crippen LogP contribution in [0.5, 0.6) is 0 Å². The van der Waals surface area contributed by atoms with Gasteiger partial charge in [0, 0.05) is 18.8 Å². The van der Waals surface area contributed by atoms with Crippen molar-refractivity contribution in [2.75, 3.05) is 11.9 Å². The van der Waals surface area contributed by atoms with Crippen LogP contribution in [0, 0.1) is 6.92 Å². The molecule has 0 saturated heterocycles. The second kappa shape index (κ2) is 4.07. The van der Waals surface area contributed by atoms with Crippen LogP contribution < -0.4 is 11.1 Å². The second-order valence-corrected chi connectivity index (χ2v) is 2.74. The van der Waals surface area contributed by atoms with Crippen LogP contribution in [0.15, 0.2) is 12.1 Å². The van der Waals surface area contributed by atoms with Gasteiger partial charge in [0.2, 0.25) is 0 Å². The Balaban J connectivity index is 2.90. The largest absolute Gasteiger partial charge is 0.370 e. The Morgan fingerprint density at radius 1 is 1.50 bits per heavy atom. The lowest BCUT2D eigenvalue weighted by Gasteiger charge is -2.05. The van der Waals surface area contributed by atoms with Gasteiger partial charge in [-0.25, -0.2) is 4.98 Å². The van der Waals surface area contributed by atoms with Gasteiger partial charge in [-0.1, -0.05) is 0 Å². The van der Waals surface area contributed by atoms with Crippen molar-refractivity contribution < 1.29 is 0 Å². The summed E-state index contributed by atoms with van der Waals surface area (Å²) in [7, 11) is 0. The Morgan fingerprint density at radius 3 is 2.83 bits per heavy atom. The SMILES string of the molecule is CCNc1cc(CN)cc(C)n1. The summed E-state index contributed by atoms with van der Waals surface area (Å²) in [4.78, 5) is 4.30. The maximum atomic E-state index is 5.53. The number of anilines is 1. The first-order valence-corrected chi connectivity index (χ1v) is 4.17. The van der Waals surface area contributed by atoms with Crippen LogP contribution in [0.1, 0.15) is 18.2 Å². The topological polar surface area (TPSA) is 50.9 Å². The van der Waals surface area contributed by atoms with Gasteiger partial charge in [0.15, 0.2) is 0 Å². The number of aryl methyl sites for hydroxylation is 1. The molecule has 0 bridgehead atoms. The number of nitrogens with one attached hydrogen (secondary N) is 1. The highest BCUT2D eigenvalue weighted by atomic mass is 15.0. The van der Waals surface area contributed by atoms with Crippen LogP contribution in [0.3, 0.4) is 0 Å². The summed E-state index contributed by atoms with van der Waals surface area (Å²) in [6.07, 6.45) is 0. The van der Waals surface area contributed by atoms with E-state index in [1.54, 1.807) is 0 Å². The zero-order valence-corrected chi connectivity index (χ0v) is 7.59. The molecule has 1 aromatic heterocycles. The van der Waals surface area contributed by atoms with Crippen molar-refractivity contribution in [2.45, 2.75) is 20.4 Å². The number of hydrogen-bond acceptors (Lipinski definition) is 3. The average Bonchev–Trinajstić information content (AvgIpc) is 2.04. The monoisotopic (exact) mass is 165 g/mol. The third kappa shape index (κ3) is 2.20. The number of aromatic nitrogens is 1. The standard InChI is InChI=1S/C9H15N3/c1-3-11-9-5-8(6-10)4-7(2)12-9/h4-5H,3,6,10H2,1-2H3,(H,11,12). The van der Waals surface area contributed by atoms with Crippen LogP contribution in [-0.4, -0.2) is 11.5 Å². The van der Waals surface area contributed by atoms with Crippen LogP contribution in [0.4, 0.5) is 5.82 Å². The predicted molar refractivity (Wildman–Crippen MR) is 51.0 cm³/mol. The summed E-state index contributed by atoms with van der Waals surface area (Å²) < 4.78 is 0. The normalized spacial score (nSPS) is 9.92. The Bertz CT molecular complexity index is 258. The van der Waals surface area contributed by atoms with Crippen LogP contribution >= 0.6 is 0 Å². The molecule has 0 aromatic carbocycles. The highest BCUT2D eigenvalue weighted by molar-refractivity contribution is 5.39. The molecular weight excluding hydrogens is 150 g/mol. The summed E-state index contributed by atoms with van der Waals surface area (Å²) in [6, 6.07) is 3.98. The van der Waals surface area contributed by atoms with Crippen molar-refractivity contribution in [3.63, 3.8) is 0 Å². The van der Waals surface area contributed by atoms with E-state index in [9.17, 15) is 0 Å². The van der Waals surface area contributed by atoms with Gasteiger partial charge in [0.1, 0.15) is 5.82 Å². The Labute approximate surface area is 73.0 Å². The molecule has 3 nitrogen and oxygen atoms in total. The highest BCUT2D eigenvalue weighted by Crippen LogP contribution is 2.08. The minimum absolute atomic E-state index is 0.571. The van der Waals surface area contributed by atoms with Crippen molar-refractivity contribution in [1.82, 2.24) is 4.98 Å². The third-order valence-electron chi connectivity index (χ3n) is 1.61. The molecule has 0 saturated carbocycles. The molecule has 1 heterocycles. The molecule has 3 N–H and O–H groups in total. The summed E-state index contributed by atoms with van der Waals surface area (Å²) in [5.74, 6) is 0.915. The molecule has 0 spiro atoms. The van der Waals surface area contributed by atoms with E-state index in [0.29, 0.717) is 6.54 Å². The van der Waals surface area contributed by atoms with Crippen molar-refractivity contribution in [2.24, 2.45) is 5.73 Å². The molecule has 12 heavy (non-hydrogen) atoms. The molecule has 0 radical (unpaired) electrons. The number of pyridine rings is 1. The molecule has 3 heteroatoms. The van der Waals surface area contributed by atoms with E-state index in [2.05, 4.69) is 10.3 Å². The molecule has 0 unspecified atom stereocenters. The Morgan fingerprint density at radius 2 is 2.25 bits per heavy atom. The van der Waals surface area contributed by atoms with Crippen LogP contribution in [0.2, 0.25) is 0 Å². The van der Waals surface area contributed by atoms with Crippen LogP contribution in [0.25, 0.3) is 0 Å². The lowest BCUT2D eigenvalue weighted by Crippen LogP contribution is -2.03. The molecule has 0 aliphatic heterocycles. The van der Waals surface area contributed by atoms with Crippen molar-refractivity contribution in [1.29, 1.82) is 0 Å². The highest BCUT2D eigenvalue weighted by Gasteiger charge is 1.96. The molecule has 1 aromatic rings. The number of hydrogen-bond donors (Lipinski definition) is 2. The van der Waals surface area contributed by atoms with Gasteiger partial charge in [-0.2, -0.15) is 0 Å². The van der Waals surface area contributed by atoms with Crippen molar-refractivity contribution >= 4 is 5.82 Å². The number of nitrogens with zero attached hydrogens (tertiary/aromatic N) is 1. The van der Waals surface area contributed by atoms with Crippen molar-refractivity contribution in [3.05, 3.63) is 23.4 Å². The maximum absolute atomic E-state index is 5.53. The van der Waals surface area contributed by atoms with Gasteiger partial charge in [-0.05, 0) is 31.5 Å². The van der Waals surface area contributed by atoms with E-state index in [1.807, 2.05) is 26.0 Å². The van der Waals surface area contributed by atoms with Gasteiger partial charge in [-0.15, -0.1) is 0 Å². The molecule has 66 valence electrons. The average molecular weight is 165 g/mol. The zero-order chi connectivity index (χ0) is 8.97. The van der Waals surface area contributed by atoms with E-state index in [4.69, 9.17) is 5.73 Å². The fraction of sp³-hybridized carbons (Fsp3) is 0.444. The minimum atomic E-state index is 0.571. The van der Waals surface area contributed by atoms with E-state index in [-0.39, 0.29) is 0 Å². The van der Waals surface area contributed by atoms with E-state index < -0.39 is 0 Å². The van der Waals surface area contributed by atoms with Gasteiger partial charge in [0.25, 0.3) is 0 Å². The van der Waals surface area contributed by atoms with E-state index in [1.165, 1.54) is 0 Å². The smallest absolute Gasteiger partial charge is 0.126 e. The lowest BCUT2D eigenvalue weighted by atomic mass is 10.2. The molecule has 0 amide bonds. The second-order valence-electron chi connectivity index (χ2n) is 2.74. The number of rotatable bonds is 3. The summed E-state index contributed by atoms with van der Waals surface area (Å²) in [5.41, 5.74) is 7.66. The first-order valence-electron chi connectivity index (χ1n) is 4.17. The van der Waals surface area contributed by atoms with Gasteiger partial charge in [0.05, 0.1) is 0 Å². The van der Waals surface area contributed by atoms with Crippen molar-refractivity contribution in [3.8, 4) is 0 Å². The quantitative estimate of drug-likeness (QED) is 0.709. The minimum Gasteiger partial charge on any atom is -0.370 e. The van der Waals surface area contributed by atoms with Gasteiger partial charge >= 0.3 is 0 Å². The molecule has 1 rings (SSSR count). The fourth-order valence-electron chi connectivity index (χ4n) is 1.13. The first kappa shape index (κ1) is 9.00. The Hall–Kier alpha value is -1.09. The molecular formula is C9H15N3. The van der Waals surface area contributed by atoms with E-state index >= 15 is 0 Å². The summed E-state index contributed by atoms with van der Waals surface area (Å²) in [6.45, 7) is 5.48. The molecule has 0 aliphatic rings. The predicted octanol–water partition coefficient (Wildman–Crippen LogP) is 1.28. The maximum Gasteiger partial charge on any atom is 0.126 e. The molecule has 0 fully saturated rings. The van der Waals surface area contributed by atoms with Gasteiger partial charge in [-0.3, -0.25) is 0 Å². The zero-order valence-electron chi connectivity index (χ0n) is 7.59. The summed E-state index contributed by atoms with van der Waals surface area (Å²) in [5, 5.41) is 3.16. The molecule has 0 aliphatic carbocycles. The van der Waals surface area contributed by atoms with Gasteiger partial charge < -0.3 is 11.1 Å². The molecule has 0 atom stereocenters. The fourth-order valence-corrected chi connectivity index (χ4v) is 1.13. The first-order chi connectivity index (χ1) is 5.76. The summed E-state index contributed by atoms with van der Waals surface area (Å²) >= 11 is 0.